The molecule has 2 aromatic rings. The molecular weight excluding hydrogens is 276 g/mol. The van der Waals surface area contributed by atoms with E-state index in [1.165, 1.54) is 0 Å². The zero-order chi connectivity index (χ0) is 15.5. The van der Waals surface area contributed by atoms with Gasteiger partial charge in [-0.2, -0.15) is 5.10 Å². The summed E-state index contributed by atoms with van der Waals surface area (Å²) in [6, 6.07) is 15.4. The van der Waals surface area contributed by atoms with Crippen LogP contribution in [-0.4, -0.2) is 31.9 Å². The molecule has 22 heavy (non-hydrogen) atoms. The molecule has 0 aromatic heterocycles. The van der Waals surface area contributed by atoms with E-state index < -0.39 is 0 Å². The van der Waals surface area contributed by atoms with Gasteiger partial charge in [0.1, 0.15) is 0 Å². The molecule has 0 aliphatic carbocycles. The highest BCUT2D eigenvalue weighted by Gasteiger charge is 2.25. The van der Waals surface area contributed by atoms with Crippen molar-refractivity contribution in [3.63, 3.8) is 0 Å². The maximum absolute atomic E-state index is 11.9. The van der Waals surface area contributed by atoms with Gasteiger partial charge in [-0.05, 0) is 23.8 Å². The van der Waals surface area contributed by atoms with Gasteiger partial charge in [-0.1, -0.05) is 30.3 Å². The van der Waals surface area contributed by atoms with E-state index in [9.17, 15) is 4.79 Å². The number of rotatable bonds is 3. The quantitative estimate of drug-likeness (QED) is 0.698. The van der Waals surface area contributed by atoms with E-state index in [1.807, 2.05) is 67.5 Å². The van der Waals surface area contributed by atoms with Crippen molar-refractivity contribution in [2.75, 3.05) is 24.3 Å². The van der Waals surface area contributed by atoms with Gasteiger partial charge in [0.25, 0.3) is 5.91 Å². The zero-order valence-electron chi connectivity index (χ0n) is 12.4. The second-order valence-electron chi connectivity index (χ2n) is 5.18. The fraction of sp³-hybridized carbons (Fsp3) is 0.118. The minimum absolute atomic E-state index is 0.221. The van der Waals surface area contributed by atoms with Crippen LogP contribution < -0.4 is 10.2 Å². The van der Waals surface area contributed by atoms with E-state index in [2.05, 4.69) is 15.5 Å². The van der Waals surface area contributed by atoms with Crippen molar-refractivity contribution in [2.24, 2.45) is 10.2 Å². The van der Waals surface area contributed by atoms with Gasteiger partial charge in [-0.15, -0.1) is 5.10 Å². The van der Waals surface area contributed by atoms with Crippen LogP contribution in [0.3, 0.4) is 0 Å². The molecular formula is C17H16N4O. The average Bonchev–Trinajstić information content (AvgIpc) is 2.84. The van der Waals surface area contributed by atoms with Crippen LogP contribution in [0.2, 0.25) is 0 Å². The van der Waals surface area contributed by atoms with E-state index in [0.29, 0.717) is 5.71 Å². The molecule has 3 rings (SSSR count). The molecule has 0 saturated carbocycles. The molecule has 0 fully saturated rings. The van der Waals surface area contributed by atoms with E-state index in [-0.39, 0.29) is 5.91 Å². The normalized spacial score (nSPS) is 15.2. The lowest BCUT2D eigenvalue weighted by Crippen LogP contribution is -2.13. The lowest BCUT2D eigenvalue weighted by atomic mass is 10.1. The van der Waals surface area contributed by atoms with Gasteiger partial charge in [0.15, 0.2) is 5.71 Å². The molecule has 1 aliphatic rings. The number of benzene rings is 2. The van der Waals surface area contributed by atoms with Gasteiger partial charge >= 0.3 is 0 Å². The molecule has 5 heteroatoms. The van der Waals surface area contributed by atoms with Crippen molar-refractivity contribution in [1.82, 2.24) is 0 Å². The fourth-order valence-electron chi connectivity index (χ4n) is 2.21. The van der Waals surface area contributed by atoms with Gasteiger partial charge in [-0.3, -0.25) is 4.79 Å². The SMILES string of the molecule is CN(C)c1ccc(/C=N/N=C2\C(=O)Nc3ccccc32)cc1. The lowest BCUT2D eigenvalue weighted by Gasteiger charge is -2.11. The molecule has 0 bridgehead atoms. The number of fused-ring (bicyclic) bond motifs is 1. The number of hydrogen-bond donors (Lipinski definition) is 1. The summed E-state index contributed by atoms with van der Waals surface area (Å²) in [4.78, 5) is 13.9. The summed E-state index contributed by atoms with van der Waals surface area (Å²) in [5, 5.41) is 10.9. The maximum atomic E-state index is 11.9. The summed E-state index contributed by atoms with van der Waals surface area (Å²) in [6.07, 6.45) is 1.64. The number of carbonyl (C=O) groups excluding carboxylic acids is 1. The molecule has 0 unspecified atom stereocenters. The standard InChI is InChI=1S/C17H16N4O/c1-21(2)13-9-7-12(8-10-13)11-18-20-16-14-5-3-4-6-15(14)19-17(16)22/h3-11H,1-2H3,(H,19,20,22)/b18-11+. The average molecular weight is 292 g/mol. The number of nitrogens with zero attached hydrogens (tertiary/aromatic N) is 3. The molecule has 1 heterocycles. The Morgan fingerprint density at radius 2 is 1.77 bits per heavy atom. The summed E-state index contributed by atoms with van der Waals surface area (Å²) in [6.45, 7) is 0. The number of nitrogens with one attached hydrogen (secondary N) is 1. The molecule has 1 aliphatic heterocycles. The summed E-state index contributed by atoms with van der Waals surface area (Å²) in [5.41, 5.74) is 3.95. The first-order chi connectivity index (χ1) is 10.6. The summed E-state index contributed by atoms with van der Waals surface area (Å²) >= 11 is 0. The number of anilines is 2. The van der Waals surface area contributed by atoms with Crippen LogP contribution >= 0.6 is 0 Å². The minimum Gasteiger partial charge on any atom is -0.378 e. The topological polar surface area (TPSA) is 57.1 Å². The summed E-state index contributed by atoms with van der Waals surface area (Å²) in [7, 11) is 3.98. The van der Waals surface area contributed by atoms with Crippen molar-refractivity contribution in [1.29, 1.82) is 0 Å². The van der Waals surface area contributed by atoms with E-state index in [0.717, 1.165) is 22.5 Å². The van der Waals surface area contributed by atoms with Gasteiger partial charge in [0, 0.05) is 25.3 Å². The van der Waals surface area contributed by atoms with Crippen LogP contribution in [0.25, 0.3) is 0 Å². The third-order valence-electron chi connectivity index (χ3n) is 3.42. The Balaban J connectivity index is 1.80. The van der Waals surface area contributed by atoms with Crippen LogP contribution in [-0.2, 0) is 4.79 Å². The fourth-order valence-corrected chi connectivity index (χ4v) is 2.21. The number of carbonyl (C=O) groups is 1. The Hall–Kier alpha value is -2.95. The van der Waals surface area contributed by atoms with Gasteiger partial charge in [0.2, 0.25) is 0 Å². The van der Waals surface area contributed by atoms with Gasteiger partial charge in [0.05, 0.1) is 11.9 Å². The van der Waals surface area contributed by atoms with Crippen molar-refractivity contribution in [3.05, 3.63) is 59.7 Å². The molecule has 0 radical (unpaired) electrons. The highest BCUT2D eigenvalue weighted by atomic mass is 16.2. The summed E-state index contributed by atoms with van der Waals surface area (Å²) in [5.74, 6) is -0.221. The Morgan fingerprint density at radius 1 is 1.05 bits per heavy atom. The molecule has 5 nitrogen and oxygen atoms in total. The first kappa shape index (κ1) is 14.0. The Labute approximate surface area is 129 Å². The van der Waals surface area contributed by atoms with Crippen LogP contribution in [0.5, 0.6) is 0 Å². The first-order valence-electron chi connectivity index (χ1n) is 6.94. The predicted octanol–water partition coefficient (Wildman–Crippen LogP) is 2.53. The molecule has 110 valence electrons. The largest absolute Gasteiger partial charge is 0.378 e. The van der Waals surface area contributed by atoms with E-state index in [4.69, 9.17) is 0 Å². The highest BCUT2D eigenvalue weighted by Crippen LogP contribution is 2.22. The minimum atomic E-state index is -0.221. The maximum Gasteiger partial charge on any atom is 0.276 e. The lowest BCUT2D eigenvalue weighted by molar-refractivity contribution is -0.110. The van der Waals surface area contributed by atoms with E-state index in [1.54, 1.807) is 6.21 Å². The van der Waals surface area contributed by atoms with Gasteiger partial charge in [-0.25, -0.2) is 0 Å². The van der Waals surface area contributed by atoms with Crippen molar-refractivity contribution in [2.45, 2.75) is 0 Å². The second-order valence-corrected chi connectivity index (χ2v) is 5.18. The molecule has 2 aromatic carbocycles. The molecule has 1 N–H and O–H groups in total. The molecule has 0 spiro atoms. The monoisotopic (exact) mass is 292 g/mol. The van der Waals surface area contributed by atoms with Crippen LogP contribution in [0.4, 0.5) is 11.4 Å². The van der Waals surface area contributed by atoms with Crippen molar-refractivity contribution >= 4 is 29.2 Å². The Bertz CT molecular complexity index is 760. The molecule has 0 atom stereocenters. The van der Waals surface area contributed by atoms with Crippen molar-refractivity contribution < 1.29 is 4.79 Å². The third-order valence-corrected chi connectivity index (χ3v) is 3.42. The second kappa shape index (κ2) is 5.81. The number of amides is 1. The Morgan fingerprint density at radius 3 is 2.50 bits per heavy atom. The highest BCUT2D eigenvalue weighted by molar-refractivity contribution is 6.53. The smallest absolute Gasteiger partial charge is 0.276 e. The molecule has 0 saturated heterocycles. The van der Waals surface area contributed by atoms with Crippen LogP contribution in [0, 0.1) is 0 Å². The van der Waals surface area contributed by atoms with Crippen LogP contribution in [0.1, 0.15) is 11.1 Å². The van der Waals surface area contributed by atoms with Crippen LogP contribution in [0.15, 0.2) is 58.7 Å². The van der Waals surface area contributed by atoms with Gasteiger partial charge < -0.3 is 10.2 Å². The third kappa shape index (κ3) is 2.74. The van der Waals surface area contributed by atoms with Crippen molar-refractivity contribution in [3.8, 4) is 0 Å². The number of hydrogen-bond acceptors (Lipinski definition) is 4. The predicted molar refractivity (Wildman–Crippen MR) is 90.0 cm³/mol. The summed E-state index contributed by atoms with van der Waals surface area (Å²) < 4.78 is 0. The number of para-hydroxylation sites is 1. The molecule has 1 amide bonds. The Kier molecular flexibility index (Phi) is 3.70. The first-order valence-corrected chi connectivity index (χ1v) is 6.94. The zero-order valence-corrected chi connectivity index (χ0v) is 12.4. The van der Waals surface area contributed by atoms with E-state index >= 15 is 0 Å².